The summed E-state index contributed by atoms with van der Waals surface area (Å²) in [5.74, 6) is -54.3. The van der Waals surface area contributed by atoms with Crippen molar-refractivity contribution in [1.82, 2.24) is 0 Å². The molecule has 0 aromatic heterocycles. The quantitative estimate of drug-likeness (QED) is 0.242. The van der Waals surface area contributed by atoms with E-state index in [4.69, 9.17) is 0 Å². The second-order valence-corrected chi connectivity index (χ2v) is 11.4. The van der Waals surface area contributed by atoms with E-state index >= 15 is 0 Å². The summed E-state index contributed by atoms with van der Waals surface area (Å²) < 4.78 is 213. The van der Waals surface area contributed by atoms with Gasteiger partial charge in [0.15, 0.2) is 8.32 Å². The molecule has 0 N–H and O–H groups in total. The Morgan fingerprint density at radius 1 is 0.567 bits per heavy atom. The highest BCUT2D eigenvalue weighted by Gasteiger charge is 2.93. The van der Waals surface area contributed by atoms with Gasteiger partial charge in [0.05, 0.1) is 0 Å². The van der Waals surface area contributed by atoms with Crippen LogP contribution in [0.4, 0.5) is 70.2 Å². The highest BCUT2D eigenvalue weighted by atomic mass is 28.4. The fourth-order valence-corrected chi connectivity index (χ4v) is 2.18. The van der Waals surface area contributed by atoms with Crippen molar-refractivity contribution in [2.75, 3.05) is 6.61 Å². The molecule has 18 heteroatoms. The van der Waals surface area contributed by atoms with E-state index in [0.29, 0.717) is 0 Å². The second-order valence-electron chi connectivity index (χ2n) is 6.90. The maximum Gasteiger partial charge on any atom is 0.384 e. The zero-order chi connectivity index (χ0) is 25.0. The SMILES string of the molecule is C[Si](C)(C)OCC(F)(F)C(F)(F)C(F)(F)C(F)(F)C(F)(F)C(F)(F)C(F)(F)C(F)F. The second kappa shape index (κ2) is 7.58. The summed E-state index contributed by atoms with van der Waals surface area (Å²) in [6.45, 7) is 0.260. The monoisotopic (exact) mass is 504 g/mol. The molecular formula is C12H12F16OSi. The van der Waals surface area contributed by atoms with Gasteiger partial charge in [-0.2, -0.15) is 61.5 Å². The molecule has 0 aromatic carbocycles. The van der Waals surface area contributed by atoms with E-state index in [-0.39, 0.29) is 0 Å². The first-order valence-electron chi connectivity index (χ1n) is 7.22. The number of hydrogen-bond donors (Lipinski definition) is 0. The minimum atomic E-state index is -8.37. The van der Waals surface area contributed by atoms with Crippen molar-refractivity contribution in [2.24, 2.45) is 0 Å². The number of halogens is 16. The first kappa shape index (κ1) is 29.1. The summed E-state index contributed by atoms with van der Waals surface area (Å²) in [6, 6.07) is 0. The number of hydrogen-bond acceptors (Lipinski definition) is 1. The van der Waals surface area contributed by atoms with Crippen LogP contribution < -0.4 is 0 Å². The van der Waals surface area contributed by atoms with Crippen LogP contribution in [0.25, 0.3) is 0 Å². The molecule has 0 atom stereocenters. The highest BCUT2D eigenvalue weighted by Crippen LogP contribution is 2.62. The zero-order valence-electron chi connectivity index (χ0n) is 14.7. The van der Waals surface area contributed by atoms with Crippen molar-refractivity contribution < 1.29 is 74.7 Å². The van der Waals surface area contributed by atoms with Gasteiger partial charge in [-0.1, -0.05) is 0 Å². The molecule has 0 bridgehead atoms. The fraction of sp³-hybridized carbons (Fsp3) is 1.00. The lowest BCUT2D eigenvalue weighted by Crippen LogP contribution is -2.74. The molecule has 1 nitrogen and oxygen atoms in total. The molecule has 0 radical (unpaired) electrons. The molecule has 0 aliphatic carbocycles. The van der Waals surface area contributed by atoms with Crippen LogP contribution in [0.5, 0.6) is 0 Å². The van der Waals surface area contributed by atoms with Crippen molar-refractivity contribution in [3.05, 3.63) is 0 Å². The Labute approximate surface area is 158 Å². The summed E-state index contributed by atoms with van der Waals surface area (Å²) in [6.07, 6.45) is -5.85. The fourth-order valence-electron chi connectivity index (χ4n) is 1.57. The predicted octanol–water partition coefficient (Wildman–Crippen LogP) is 6.55. The van der Waals surface area contributed by atoms with Gasteiger partial charge in [0.25, 0.3) is 0 Å². The van der Waals surface area contributed by atoms with Gasteiger partial charge < -0.3 is 4.43 Å². The average Bonchev–Trinajstić information content (AvgIpc) is 2.51. The molecule has 0 fully saturated rings. The molecule has 0 amide bonds. The normalized spacial score (nSPS) is 16.4. The van der Waals surface area contributed by atoms with E-state index in [1.165, 1.54) is 0 Å². The molecule has 0 heterocycles. The molecule has 30 heavy (non-hydrogen) atoms. The molecule has 182 valence electrons. The largest absolute Gasteiger partial charge is 0.411 e. The molecule has 0 rings (SSSR count). The van der Waals surface area contributed by atoms with E-state index in [1.54, 1.807) is 0 Å². The van der Waals surface area contributed by atoms with Crippen LogP contribution in [0.2, 0.25) is 19.6 Å². The Bertz CT molecular complexity index is 608. The summed E-state index contributed by atoms with van der Waals surface area (Å²) >= 11 is 0. The molecule has 0 spiro atoms. The van der Waals surface area contributed by atoms with Gasteiger partial charge in [-0.25, -0.2) is 8.78 Å². The maximum atomic E-state index is 13.5. The van der Waals surface area contributed by atoms with Crippen LogP contribution in [-0.2, 0) is 4.43 Å². The lowest BCUT2D eigenvalue weighted by Gasteiger charge is -2.42. The smallest absolute Gasteiger partial charge is 0.384 e. The summed E-state index contributed by atoms with van der Waals surface area (Å²) in [5, 5.41) is 0. The highest BCUT2D eigenvalue weighted by molar-refractivity contribution is 6.69. The van der Waals surface area contributed by atoms with E-state index in [1.807, 2.05) is 0 Å². The van der Waals surface area contributed by atoms with Crippen LogP contribution in [-0.4, -0.2) is 62.8 Å². The minimum Gasteiger partial charge on any atom is -0.411 e. The topological polar surface area (TPSA) is 9.23 Å². The molecule has 0 aliphatic heterocycles. The van der Waals surface area contributed by atoms with Gasteiger partial charge in [-0.3, -0.25) is 0 Å². The van der Waals surface area contributed by atoms with Crippen molar-refractivity contribution in [3.8, 4) is 0 Å². The van der Waals surface area contributed by atoms with E-state index < -0.39 is 62.8 Å². The van der Waals surface area contributed by atoms with Gasteiger partial charge in [0, 0.05) is 0 Å². The standard InChI is InChI=1S/C12H12F16OSi/c1-30(2,3)29-4-6(15,16)8(19,20)10(23,24)12(27,28)11(25,26)9(21,22)7(17,18)5(13)14/h5H,4H2,1-3H3. The van der Waals surface area contributed by atoms with Gasteiger partial charge in [0.2, 0.25) is 0 Å². The summed E-state index contributed by atoms with van der Waals surface area (Å²) in [4.78, 5) is 0. The van der Waals surface area contributed by atoms with Crippen molar-refractivity contribution in [2.45, 2.75) is 67.5 Å². The predicted molar refractivity (Wildman–Crippen MR) is 69.9 cm³/mol. The molecule has 0 saturated heterocycles. The Morgan fingerprint density at radius 3 is 1.17 bits per heavy atom. The third-order valence-corrected chi connectivity index (χ3v) is 4.43. The van der Waals surface area contributed by atoms with Crippen molar-refractivity contribution >= 4 is 8.32 Å². The number of alkyl halides is 16. The minimum absolute atomic E-state index is 1.01. The van der Waals surface area contributed by atoms with Crippen LogP contribution in [0.3, 0.4) is 0 Å². The number of rotatable bonds is 10. The van der Waals surface area contributed by atoms with Crippen LogP contribution in [0, 0.1) is 0 Å². The molecule has 0 aliphatic rings. The third kappa shape index (κ3) is 4.21. The Morgan fingerprint density at radius 2 is 0.867 bits per heavy atom. The zero-order valence-corrected chi connectivity index (χ0v) is 15.7. The Balaban J connectivity index is 6.46. The lowest BCUT2D eigenvalue weighted by atomic mass is 9.89. The van der Waals surface area contributed by atoms with E-state index in [9.17, 15) is 70.2 Å². The molecule has 0 unspecified atom stereocenters. The average molecular weight is 504 g/mol. The Kier molecular flexibility index (Phi) is 7.34. The van der Waals surface area contributed by atoms with Gasteiger partial charge in [-0.15, -0.1) is 0 Å². The van der Waals surface area contributed by atoms with Crippen molar-refractivity contribution in [3.63, 3.8) is 0 Å². The first-order chi connectivity index (χ1) is 12.7. The molecular weight excluding hydrogens is 492 g/mol. The van der Waals surface area contributed by atoms with Crippen LogP contribution in [0.15, 0.2) is 0 Å². The lowest BCUT2D eigenvalue weighted by molar-refractivity contribution is -0.447. The Hall–Kier alpha value is -0.943. The van der Waals surface area contributed by atoms with E-state index in [2.05, 4.69) is 4.43 Å². The first-order valence-corrected chi connectivity index (χ1v) is 10.6. The third-order valence-electron chi connectivity index (χ3n) is 3.42. The van der Waals surface area contributed by atoms with E-state index in [0.717, 1.165) is 19.6 Å². The van der Waals surface area contributed by atoms with Gasteiger partial charge >= 0.3 is 47.9 Å². The van der Waals surface area contributed by atoms with Crippen LogP contribution in [0.1, 0.15) is 0 Å². The van der Waals surface area contributed by atoms with Gasteiger partial charge in [-0.05, 0) is 19.6 Å². The van der Waals surface area contributed by atoms with Crippen LogP contribution >= 0.6 is 0 Å². The maximum absolute atomic E-state index is 13.5. The van der Waals surface area contributed by atoms with Crippen molar-refractivity contribution in [1.29, 1.82) is 0 Å². The summed E-state index contributed by atoms with van der Waals surface area (Å²) in [5.41, 5.74) is 0. The summed E-state index contributed by atoms with van der Waals surface area (Å²) in [7, 11) is -3.25. The molecule has 0 saturated carbocycles. The van der Waals surface area contributed by atoms with Gasteiger partial charge in [0.1, 0.15) is 6.61 Å². The molecule has 0 aromatic rings.